The van der Waals surface area contributed by atoms with Crippen LogP contribution in [0.15, 0.2) is 48.5 Å². The molecule has 0 aliphatic carbocycles. The van der Waals surface area contributed by atoms with Crippen molar-refractivity contribution in [1.29, 1.82) is 0 Å². The first-order valence-corrected chi connectivity index (χ1v) is 11.0. The zero-order valence-electron chi connectivity index (χ0n) is 16.4. The third-order valence-electron chi connectivity index (χ3n) is 4.99. The Labute approximate surface area is 166 Å². The molecule has 2 unspecified atom stereocenters. The van der Waals surface area contributed by atoms with Crippen LogP contribution in [0.5, 0.6) is 5.75 Å². The Morgan fingerprint density at radius 2 is 1.89 bits per heavy atom. The minimum atomic E-state index is -3.53. The fourth-order valence-electron chi connectivity index (χ4n) is 3.25. The van der Waals surface area contributed by atoms with Gasteiger partial charge in [-0.15, -0.1) is 0 Å². The first kappa shape index (κ1) is 20.8. The molecule has 1 aliphatic rings. The van der Waals surface area contributed by atoms with E-state index in [1.165, 1.54) is 0 Å². The minimum Gasteiger partial charge on any atom is -0.493 e. The second-order valence-corrected chi connectivity index (χ2v) is 9.48. The molecule has 0 bridgehead atoms. The first-order chi connectivity index (χ1) is 13.3. The molecule has 0 amide bonds. The molecule has 2 aromatic rings. The minimum absolute atomic E-state index is 0.0349. The van der Waals surface area contributed by atoms with E-state index in [0.29, 0.717) is 12.2 Å². The predicted molar refractivity (Wildman–Crippen MR) is 109 cm³/mol. The summed E-state index contributed by atoms with van der Waals surface area (Å²) in [6.45, 7) is 5.87. The lowest BCUT2D eigenvalue weighted by atomic mass is 9.88. The SMILES string of the molecule is CCOc1ccccc1-c1ccc(C2(O)COCC2NS(=O)(=O)C(C)C)cc1. The van der Waals surface area contributed by atoms with Crippen LogP contribution in [-0.4, -0.2) is 44.6 Å². The second kappa shape index (κ2) is 8.21. The van der Waals surface area contributed by atoms with E-state index in [4.69, 9.17) is 9.47 Å². The number of para-hydroxylation sites is 1. The number of ether oxygens (including phenoxy) is 2. The summed E-state index contributed by atoms with van der Waals surface area (Å²) in [6.07, 6.45) is 0. The normalized spacial score (nSPS) is 22.5. The largest absolute Gasteiger partial charge is 0.493 e. The highest BCUT2D eigenvalue weighted by molar-refractivity contribution is 7.90. The molecule has 3 rings (SSSR count). The van der Waals surface area contributed by atoms with Crippen LogP contribution in [-0.2, 0) is 20.4 Å². The van der Waals surface area contributed by atoms with Crippen molar-refractivity contribution < 1.29 is 23.0 Å². The maximum atomic E-state index is 12.3. The summed E-state index contributed by atoms with van der Waals surface area (Å²) in [4.78, 5) is 0. The number of nitrogens with one attached hydrogen (secondary N) is 1. The van der Waals surface area contributed by atoms with Gasteiger partial charge >= 0.3 is 0 Å². The molecule has 2 aromatic carbocycles. The lowest BCUT2D eigenvalue weighted by molar-refractivity contribution is 0.0121. The molecule has 1 saturated heterocycles. The van der Waals surface area contributed by atoms with E-state index in [9.17, 15) is 13.5 Å². The van der Waals surface area contributed by atoms with Gasteiger partial charge in [-0.1, -0.05) is 42.5 Å². The smallest absolute Gasteiger partial charge is 0.214 e. The Balaban J connectivity index is 1.88. The number of hydrogen-bond donors (Lipinski definition) is 2. The summed E-state index contributed by atoms with van der Waals surface area (Å²) in [5.74, 6) is 0.795. The summed E-state index contributed by atoms with van der Waals surface area (Å²) in [6, 6.07) is 14.5. The molecule has 1 heterocycles. The van der Waals surface area contributed by atoms with Crippen LogP contribution in [0.1, 0.15) is 26.3 Å². The Morgan fingerprint density at radius 3 is 2.54 bits per heavy atom. The fraction of sp³-hybridized carbons (Fsp3) is 0.429. The molecular formula is C21H27NO5S. The van der Waals surface area contributed by atoms with Crippen LogP contribution in [0.4, 0.5) is 0 Å². The number of aliphatic hydroxyl groups is 1. The zero-order valence-corrected chi connectivity index (χ0v) is 17.2. The third kappa shape index (κ3) is 4.07. The van der Waals surface area contributed by atoms with Crippen LogP contribution >= 0.6 is 0 Å². The predicted octanol–water partition coefficient (Wildman–Crippen LogP) is 2.67. The second-order valence-electron chi connectivity index (χ2n) is 7.21. The fourth-order valence-corrected chi connectivity index (χ4v) is 4.18. The van der Waals surface area contributed by atoms with Crippen molar-refractivity contribution in [1.82, 2.24) is 4.72 Å². The molecule has 2 N–H and O–H groups in total. The van der Waals surface area contributed by atoms with Crippen molar-refractivity contribution in [3.8, 4) is 16.9 Å². The van der Waals surface area contributed by atoms with Crippen LogP contribution in [0.25, 0.3) is 11.1 Å². The highest BCUT2D eigenvalue weighted by Gasteiger charge is 2.46. The van der Waals surface area contributed by atoms with Crippen molar-refractivity contribution in [2.45, 2.75) is 37.7 Å². The summed E-state index contributed by atoms with van der Waals surface area (Å²) in [5, 5.41) is 10.6. The number of benzene rings is 2. The van der Waals surface area contributed by atoms with Crippen LogP contribution in [0.2, 0.25) is 0 Å². The highest BCUT2D eigenvalue weighted by Crippen LogP contribution is 2.35. The number of sulfonamides is 1. The van der Waals surface area contributed by atoms with Gasteiger partial charge in [-0.05, 0) is 38.0 Å². The molecule has 0 radical (unpaired) electrons. The molecule has 0 aromatic heterocycles. The molecule has 2 atom stereocenters. The van der Waals surface area contributed by atoms with E-state index in [2.05, 4.69) is 4.72 Å². The van der Waals surface area contributed by atoms with Crippen LogP contribution < -0.4 is 9.46 Å². The zero-order chi connectivity index (χ0) is 20.4. The lowest BCUT2D eigenvalue weighted by Crippen LogP contribution is -2.51. The van der Waals surface area contributed by atoms with Crippen molar-refractivity contribution in [3.63, 3.8) is 0 Å². The van der Waals surface area contributed by atoms with E-state index >= 15 is 0 Å². The Kier molecular flexibility index (Phi) is 6.09. The van der Waals surface area contributed by atoms with Crippen LogP contribution in [0.3, 0.4) is 0 Å². The van der Waals surface area contributed by atoms with E-state index in [0.717, 1.165) is 16.9 Å². The van der Waals surface area contributed by atoms with E-state index < -0.39 is 26.9 Å². The van der Waals surface area contributed by atoms with Crippen molar-refractivity contribution in [2.24, 2.45) is 0 Å². The average molecular weight is 406 g/mol. The molecule has 6 nitrogen and oxygen atoms in total. The van der Waals surface area contributed by atoms with E-state index in [1.807, 2.05) is 55.5 Å². The molecule has 1 aliphatic heterocycles. The van der Waals surface area contributed by atoms with Gasteiger partial charge in [-0.3, -0.25) is 0 Å². The van der Waals surface area contributed by atoms with E-state index in [1.54, 1.807) is 13.8 Å². The quantitative estimate of drug-likeness (QED) is 0.740. The first-order valence-electron chi connectivity index (χ1n) is 9.42. The molecular weight excluding hydrogens is 378 g/mol. The van der Waals surface area contributed by atoms with Crippen molar-refractivity contribution in [3.05, 3.63) is 54.1 Å². The Hall–Kier alpha value is -1.93. The summed E-state index contributed by atoms with van der Waals surface area (Å²) in [5.41, 5.74) is 1.11. The molecule has 152 valence electrons. The van der Waals surface area contributed by atoms with Gasteiger partial charge in [0.2, 0.25) is 10.0 Å². The molecule has 7 heteroatoms. The Morgan fingerprint density at radius 1 is 1.21 bits per heavy atom. The topological polar surface area (TPSA) is 84.9 Å². The van der Waals surface area contributed by atoms with Gasteiger partial charge in [-0.25, -0.2) is 13.1 Å². The van der Waals surface area contributed by atoms with Gasteiger partial charge in [0.05, 0.1) is 31.1 Å². The summed E-state index contributed by atoms with van der Waals surface area (Å²) < 4.78 is 38.2. The van der Waals surface area contributed by atoms with Gasteiger partial charge in [-0.2, -0.15) is 0 Å². The maximum Gasteiger partial charge on any atom is 0.214 e. The standard InChI is InChI=1S/C21H27NO5S/c1-4-27-19-8-6-5-7-18(19)16-9-11-17(12-10-16)21(23)14-26-13-20(21)22-28(24,25)15(2)3/h5-12,15,20,22-23H,4,13-14H2,1-3H3. The highest BCUT2D eigenvalue weighted by atomic mass is 32.2. The summed E-state index contributed by atoms with van der Waals surface area (Å²) >= 11 is 0. The van der Waals surface area contributed by atoms with Gasteiger partial charge < -0.3 is 14.6 Å². The third-order valence-corrected chi connectivity index (χ3v) is 6.85. The number of hydrogen-bond acceptors (Lipinski definition) is 5. The van der Waals surface area contributed by atoms with Gasteiger partial charge in [0.1, 0.15) is 11.4 Å². The van der Waals surface area contributed by atoms with Crippen molar-refractivity contribution >= 4 is 10.0 Å². The average Bonchev–Trinajstić information content (AvgIpc) is 3.03. The summed E-state index contributed by atoms with van der Waals surface area (Å²) in [7, 11) is -3.53. The monoisotopic (exact) mass is 405 g/mol. The maximum absolute atomic E-state index is 12.3. The molecule has 28 heavy (non-hydrogen) atoms. The van der Waals surface area contributed by atoms with Crippen molar-refractivity contribution in [2.75, 3.05) is 19.8 Å². The lowest BCUT2D eigenvalue weighted by Gasteiger charge is -2.29. The Bertz CT molecular complexity index is 911. The van der Waals surface area contributed by atoms with Crippen LogP contribution in [0, 0.1) is 0 Å². The number of rotatable bonds is 7. The molecule has 1 fully saturated rings. The van der Waals surface area contributed by atoms with E-state index in [-0.39, 0.29) is 13.2 Å². The van der Waals surface area contributed by atoms with Gasteiger partial charge in [0.15, 0.2) is 0 Å². The van der Waals surface area contributed by atoms with Gasteiger partial charge in [0.25, 0.3) is 0 Å². The molecule has 0 spiro atoms. The molecule has 0 saturated carbocycles. The van der Waals surface area contributed by atoms with Gasteiger partial charge in [0, 0.05) is 5.56 Å².